The van der Waals surface area contributed by atoms with Gasteiger partial charge in [0.25, 0.3) is 0 Å². The van der Waals surface area contributed by atoms with Crippen molar-refractivity contribution in [2.24, 2.45) is 0 Å². The number of carbonyl (C=O) groups is 1. The molecule has 9 nitrogen and oxygen atoms in total. The Hall–Kier alpha value is -0.810. The van der Waals surface area contributed by atoms with Gasteiger partial charge in [0.15, 0.2) is 6.29 Å². The Morgan fingerprint density at radius 2 is 0.893 bits per heavy atom. The summed E-state index contributed by atoms with van der Waals surface area (Å²) in [7, 11) is 0. The molecule has 0 spiro atoms. The van der Waals surface area contributed by atoms with E-state index < -0.39 is 49.5 Å². The zero-order chi connectivity index (χ0) is 40.9. The standard InChI is InChI=1S/C47H93NO8/c1-3-5-7-8-9-10-11-12-13-14-15-16-17-18-19-20-21-22-23-24-25-26-27-28-29-30-31-32-33-34-35-36-41(50)40(48-43(51)37-6-4-2)39-55-47-46(54)45(53)44(52)42(38-49)56-47/h40-42,44-47,49-50,52-54H,3-39H2,1-2H3,(H,48,51). The molecule has 1 aliphatic heterocycles. The van der Waals surface area contributed by atoms with Crippen molar-refractivity contribution < 1.29 is 39.8 Å². The molecule has 0 aromatic heterocycles. The first kappa shape index (κ1) is 53.2. The number of carbonyl (C=O) groups excluding carboxylic acids is 1. The van der Waals surface area contributed by atoms with Crippen molar-refractivity contribution in [3.63, 3.8) is 0 Å². The Morgan fingerprint density at radius 1 is 0.536 bits per heavy atom. The third-order valence-electron chi connectivity index (χ3n) is 12.0. The van der Waals surface area contributed by atoms with Gasteiger partial charge >= 0.3 is 0 Å². The largest absolute Gasteiger partial charge is 0.394 e. The van der Waals surface area contributed by atoms with Crippen molar-refractivity contribution in [2.45, 2.75) is 281 Å². The molecule has 0 aliphatic carbocycles. The number of hydrogen-bond donors (Lipinski definition) is 6. The molecule has 1 amide bonds. The molecule has 0 aromatic carbocycles. The van der Waals surface area contributed by atoms with Gasteiger partial charge in [-0.05, 0) is 12.8 Å². The zero-order valence-corrected chi connectivity index (χ0v) is 36.7. The van der Waals surface area contributed by atoms with Crippen LogP contribution in [0.3, 0.4) is 0 Å². The van der Waals surface area contributed by atoms with Crippen LogP contribution in [0.4, 0.5) is 0 Å². The summed E-state index contributed by atoms with van der Waals surface area (Å²) in [5.41, 5.74) is 0. The highest BCUT2D eigenvalue weighted by molar-refractivity contribution is 5.76. The summed E-state index contributed by atoms with van der Waals surface area (Å²) in [6, 6.07) is -0.708. The maximum Gasteiger partial charge on any atom is 0.220 e. The van der Waals surface area contributed by atoms with Gasteiger partial charge in [0.05, 0.1) is 25.4 Å². The lowest BCUT2D eigenvalue weighted by Gasteiger charge is -2.40. The molecule has 1 aliphatic rings. The molecule has 1 heterocycles. The molecule has 0 saturated carbocycles. The van der Waals surface area contributed by atoms with Crippen LogP contribution in [0.15, 0.2) is 0 Å². The van der Waals surface area contributed by atoms with Gasteiger partial charge in [-0.3, -0.25) is 4.79 Å². The van der Waals surface area contributed by atoms with Gasteiger partial charge < -0.3 is 40.3 Å². The zero-order valence-electron chi connectivity index (χ0n) is 36.7. The van der Waals surface area contributed by atoms with Crippen LogP contribution in [-0.4, -0.2) is 87.5 Å². The number of hydrogen-bond acceptors (Lipinski definition) is 8. The van der Waals surface area contributed by atoms with E-state index in [0.717, 1.165) is 32.1 Å². The van der Waals surface area contributed by atoms with E-state index in [1.54, 1.807) is 0 Å². The number of nitrogens with one attached hydrogen (secondary N) is 1. The minimum absolute atomic E-state index is 0.138. The van der Waals surface area contributed by atoms with Crippen molar-refractivity contribution in [2.75, 3.05) is 13.2 Å². The second-order valence-electron chi connectivity index (χ2n) is 17.3. The predicted molar refractivity (Wildman–Crippen MR) is 231 cm³/mol. The van der Waals surface area contributed by atoms with Crippen LogP contribution in [0.5, 0.6) is 0 Å². The van der Waals surface area contributed by atoms with Crippen molar-refractivity contribution >= 4 is 5.91 Å². The van der Waals surface area contributed by atoms with E-state index in [1.807, 2.05) is 6.92 Å². The third kappa shape index (κ3) is 28.6. The van der Waals surface area contributed by atoms with E-state index in [-0.39, 0.29) is 12.5 Å². The molecule has 1 saturated heterocycles. The highest BCUT2D eigenvalue weighted by Crippen LogP contribution is 2.23. The van der Waals surface area contributed by atoms with Crippen LogP contribution < -0.4 is 5.32 Å². The molecule has 9 heteroatoms. The van der Waals surface area contributed by atoms with Gasteiger partial charge in [-0.25, -0.2) is 0 Å². The summed E-state index contributed by atoms with van der Waals surface area (Å²) >= 11 is 0. The number of aliphatic hydroxyl groups is 5. The van der Waals surface area contributed by atoms with Crippen molar-refractivity contribution in [3.8, 4) is 0 Å². The van der Waals surface area contributed by atoms with Gasteiger partial charge in [-0.1, -0.05) is 219 Å². The molecule has 1 fully saturated rings. The van der Waals surface area contributed by atoms with Gasteiger partial charge in [-0.15, -0.1) is 0 Å². The molecule has 6 N–H and O–H groups in total. The molecule has 0 radical (unpaired) electrons. The first-order chi connectivity index (χ1) is 27.3. The minimum Gasteiger partial charge on any atom is -0.394 e. The summed E-state index contributed by atoms with van der Waals surface area (Å²) in [4.78, 5) is 12.5. The number of aliphatic hydroxyl groups excluding tert-OH is 5. The molecule has 334 valence electrons. The molecule has 56 heavy (non-hydrogen) atoms. The molecule has 1 rings (SSSR count). The van der Waals surface area contributed by atoms with Crippen LogP contribution in [0.1, 0.15) is 239 Å². The van der Waals surface area contributed by atoms with Crippen LogP contribution in [0.25, 0.3) is 0 Å². The molecule has 0 aromatic rings. The number of unbranched alkanes of at least 4 members (excludes halogenated alkanes) is 31. The summed E-state index contributed by atoms with van der Waals surface area (Å²) in [5.74, 6) is -0.177. The first-order valence-corrected chi connectivity index (χ1v) is 24.2. The van der Waals surface area contributed by atoms with Crippen LogP contribution in [0.2, 0.25) is 0 Å². The number of rotatable bonds is 41. The average Bonchev–Trinajstić information content (AvgIpc) is 3.20. The average molecular weight is 800 g/mol. The quantitative estimate of drug-likeness (QED) is 0.0335. The highest BCUT2D eigenvalue weighted by Gasteiger charge is 2.44. The van der Waals surface area contributed by atoms with Crippen LogP contribution in [0, 0.1) is 0 Å². The summed E-state index contributed by atoms with van der Waals surface area (Å²) in [6.45, 7) is 3.61. The Kier molecular flexibility index (Phi) is 36.5. The van der Waals surface area contributed by atoms with Crippen molar-refractivity contribution in [3.05, 3.63) is 0 Å². The second-order valence-corrected chi connectivity index (χ2v) is 17.3. The lowest BCUT2D eigenvalue weighted by atomic mass is 9.99. The van der Waals surface area contributed by atoms with Gasteiger partial charge in [0, 0.05) is 6.42 Å². The van der Waals surface area contributed by atoms with E-state index in [0.29, 0.717) is 12.8 Å². The highest BCUT2D eigenvalue weighted by atomic mass is 16.7. The number of ether oxygens (including phenoxy) is 2. The lowest BCUT2D eigenvalue weighted by molar-refractivity contribution is -0.302. The molecular weight excluding hydrogens is 707 g/mol. The number of amides is 1. The summed E-state index contributed by atoms with van der Waals surface area (Å²) < 4.78 is 11.1. The van der Waals surface area contributed by atoms with Crippen molar-refractivity contribution in [1.82, 2.24) is 5.32 Å². The molecule has 0 bridgehead atoms. The monoisotopic (exact) mass is 800 g/mol. The SMILES string of the molecule is CCCCCCCCCCCCCCCCCCCCCCCCCCCCCCCCCC(O)C(COC1OC(CO)C(O)C(O)C1O)NC(=O)CCCC. The van der Waals surface area contributed by atoms with Gasteiger partial charge in [0.1, 0.15) is 24.4 Å². The Bertz CT molecular complexity index is 847. The maximum absolute atomic E-state index is 12.5. The van der Waals surface area contributed by atoms with E-state index in [4.69, 9.17) is 9.47 Å². The molecular formula is C47H93NO8. The first-order valence-electron chi connectivity index (χ1n) is 24.2. The van der Waals surface area contributed by atoms with Crippen LogP contribution >= 0.6 is 0 Å². The normalized spacial score (nSPS) is 21.0. The Balaban J connectivity index is 1.95. The maximum atomic E-state index is 12.5. The Labute approximate surface area is 344 Å². The molecule has 7 unspecified atom stereocenters. The van der Waals surface area contributed by atoms with E-state index in [9.17, 15) is 30.3 Å². The lowest BCUT2D eigenvalue weighted by Crippen LogP contribution is -2.60. The smallest absolute Gasteiger partial charge is 0.220 e. The van der Waals surface area contributed by atoms with Crippen LogP contribution in [-0.2, 0) is 14.3 Å². The Morgan fingerprint density at radius 3 is 1.25 bits per heavy atom. The fourth-order valence-corrected chi connectivity index (χ4v) is 8.02. The summed E-state index contributed by atoms with van der Waals surface area (Å²) in [6.07, 6.45) is 37.0. The fourth-order valence-electron chi connectivity index (χ4n) is 8.02. The fraction of sp³-hybridized carbons (Fsp3) is 0.979. The molecule has 7 atom stereocenters. The van der Waals surface area contributed by atoms with E-state index in [1.165, 1.54) is 180 Å². The second kappa shape index (κ2) is 38.4. The van der Waals surface area contributed by atoms with Gasteiger partial charge in [-0.2, -0.15) is 0 Å². The topological polar surface area (TPSA) is 149 Å². The van der Waals surface area contributed by atoms with E-state index >= 15 is 0 Å². The van der Waals surface area contributed by atoms with Crippen molar-refractivity contribution in [1.29, 1.82) is 0 Å². The van der Waals surface area contributed by atoms with Gasteiger partial charge in [0.2, 0.25) is 5.91 Å². The third-order valence-corrected chi connectivity index (χ3v) is 12.0. The van der Waals surface area contributed by atoms with E-state index in [2.05, 4.69) is 12.2 Å². The predicted octanol–water partition coefficient (Wildman–Crippen LogP) is 10.3. The minimum atomic E-state index is -1.54. The summed E-state index contributed by atoms with van der Waals surface area (Å²) in [5, 5.41) is 53.7.